The summed E-state index contributed by atoms with van der Waals surface area (Å²) in [5.41, 5.74) is 1.19. The minimum absolute atomic E-state index is 0. The quantitative estimate of drug-likeness (QED) is 0.0798. The van der Waals surface area contributed by atoms with Gasteiger partial charge in [0.25, 0.3) is 0 Å². The van der Waals surface area contributed by atoms with Crippen LogP contribution in [-0.4, -0.2) is 38.3 Å². The number of nitrogens with zero attached hydrogens (tertiary/aromatic N) is 4. The van der Waals surface area contributed by atoms with Crippen molar-refractivity contribution < 1.29 is 38.5 Å². The minimum Gasteiger partial charge on any atom is -0.399 e. The first-order valence-electron chi connectivity index (χ1n) is 39.9. The Morgan fingerprint density at radius 2 is 0.528 bits per heavy atom. The number of hydrogen-bond acceptors (Lipinski definition) is 8. The van der Waals surface area contributed by atoms with E-state index in [1.54, 1.807) is 53.4 Å². The Hall–Kier alpha value is -10.0. The molecule has 0 N–H and O–H groups in total. The van der Waals surface area contributed by atoms with Crippen molar-refractivity contribution in [2.75, 3.05) is 0 Å². The Bertz CT molecular complexity index is 5350. The number of thiazole rings is 2. The van der Waals surface area contributed by atoms with E-state index >= 15 is 0 Å². The van der Waals surface area contributed by atoms with E-state index in [2.05, 4.69) is 412 Å². The number of pyridine rings is 2. The second-order valence-corrected chi connectivity index (χ2v) is 41.2. The molecule has 0 unspecified atom stereocenters. The third-order valence-electron chi connectivity index (χ3n) is 19.9. The normalized spacial score (nSPS) is 12.1. The number of aryl methyl sites for hydroxylation is 3. The van der Waals surface area contributed by atoms with Gasteiger partial charge in [0.15, 0.2) is 0 Å². The van der Waals surface area contributed by atoms with E-state index in [1.165, 1.54) is 75.8 Å². The molecule has 123 heavy (non-hydrogen) atoms. The molecule has 19 rings (SSSR count). The van der Waals surface area contributed by atoms with Crippen LogP contribution in [0.15, 0.2) is 425 Å². The molecule has 1 fully saturated rings. The molecule has 0 atom stereocenters. The SMILES string of the molecule is Cc1cc2ccc(F)c(Cl)c2cn1.Cc1ncc(-c2cc3ccc(F)c(Cl)c3cn2)s1.Cc1ncc(B2OC(C)(C)C(C)(C)O2)s1.[Pd].c1ccc(P(c2ccccc2)c2ccccc2)cc1.c1ccc(P(c2ccccc2)c2ccccc2)cc1.c1ccc(P(c2ccccc2)c2ccccc2)cc1.c1ccc(P(c2ccccc2)c2ccccc2)cc1. The van der Waals surface area contributed by atoms with Gasteiger partial charge in [-0.05, 0) is 179 Å². The molecule has 14 aromatic carbocycles. The average molecular weight is 1860 g/mol. The largest absolute Gasteiger partial charge is 0.507 e. The van der Waals surface area contributed by atoms with E-state index < -0.39 is 43.3 Å². The maximum Gasteiger partial charge on any atom is 0.507 e. The molecule has 0 spiro atoms. The van der Waals surface area contributed by atoms with E-state index in [4.69, 9.17) is 32.5 Å². The first kappa shape index (κ1) is 92.2. The Morgan fingerprint density at radius 3 is 0.764 bits per heavy atom. The molecule has 0 saturated carbocycles. The molecule has 18 heteroatoms. The van der Waals surface area contributed by atoms with E-state index in [-0.39, 0.29) is 48.8 Å². The standard InChI is InChI=1S/4C18H15P.C13H8ClFN2S.C10H16BNO2S.C10H7ClFN.Pd/c4*1-4-10-16(11-5-1)19(17-12-6-2-7-13-17)18-14-8-3-9-15-18;1-7-16-6-12(18-7)11-4-8-2-3-10(15)13(14)9(8)5-17-11;1-7-12-6-8(15-7)11-13-9(2,3)10(4,5)14-11;1-6-4-7-2-3-9(12)10(11)8(7)5-13-6;/h4*1-15H;2-6H,1H3;6H,1-5H3;2-5H,1H3;. The monoisotopic (exact) mass is 1850 g/mol. The smallest absolute Gasteiger partial charge is 0.399 e. The van der Waals surface area contributed by atoms with Crippen LogP contribution in [0.1, 0.15) is 43.4 Å². The first-order chi connectivity index (χ1) is 59.4. The van der Waals surface area contributed by atoms with Crippen LogP contribution in [-0.2, 0) is 29.7 Å². The van der Waals surface area contributed by atoms with Gasteiger partial charge in [-0.3, -0.25) is 15.0 Å². The van der Waals surface area contributed by atoms with Crippen molar-refractivity contribution in [3.8, 4) is 10.6 Å². The molecule has 0 radical (unpaired) electrons. The number of fused-ring (bicyclic) bond motifs is 2. The number of rotatable bonds is 14. The molecule has 1 aliphatic rings. The first-order valence-corrected chi connectivity index (χ1v) is 47.7. The Morgan fingerprint density at radius 1 is 0.293 bits per heavy atom. The van der Waals surface area contributed by atoms with Gasteiger partial charge in [0.2, 0.25) is 0 Å². The van der Waals surface area contributed by atoms with Crippen LogP contribution in [0.2, 0.25) is 10.0 Å². The molecule has 1 saturated heterocycles. The van der Waals surface area contributed by atoms with Crippen LogP contribution in [0.5, 0.6) is 0 Å². The van der Waals surface area contributed by atoms with Gasteiger partial charge in [-0.1, -0.05) is 399 Å². The second kappa shape index (κ2) is 46.1. The zero-order valence-corrected chi connectivity index (χ0v) is 77.3. The van der Waals surface area contributed by atoms with Crippen molar-refractivity contribution in [3.63, 3.8) is 0 Å². The molecular formula is C105H91BCl2F2N4O2P4PdS2. The molecule has 6 nitrogen and oxygen atoms in total. The molecule has 5 heterocycles. The summed E-state index contributed by atoms with van der Waals surface area (Å²) in [5, 5.41) is 22.1. The van der Waals surface area contributed by atoms with Crippen LogP contribution in [0.3, 0.4) is 0 Å². The maximum atomic E-state index is 13.3. The minimum atomic E-state index is -0.446. The fourth-order valence-electron chi connectivity index (χ4n) is 13.2. The van der Waals surface area contributed by atoms with Gasteiger partial charge < -0.3 is 9.31 Å². The van der Waals surface area contributed by atoms with Crippen molar-refractivity contribution in [3.05, 3.63) is 463 Å². The molecule has 0 amide bonds. The topological polar surface area (TPSA) is 70.0 Å². The van der Waals surface area contributed by atoms with Gasteiger partial charge in [0.1, 0.15) is 11.6 Å². The number of aromatic nitrogens is 4. The van der Waals surface area contributed by atoms with Crippen LogP contribution in [0.25, 0.3) is 32.1 Å². The van der Waals surface area contributed by atoms with Crippen LogP contribution in [0.4, 0.5) is 8.78 Å². The third-order valence-corrected chi connectivity index (χ3v) is 32.3. The summed E-state index contributed by atoms with van der Waals surface area (Å²) in [6, 6.07) is 139. The molecule has 4 aromatic heterocycles. The van der Waals surface area contributed by atoms with Crippen LogP contribution >= 0.6 is 77.6 Å². The van der Waals surface area contributed by atoms with E-state index in [9.17, 15) is 8.78 Å². The molecular weight excluding hydrogens is 1760 g/mol. The van der Waals surface area contributed by atoms with Crippen molar-refractivity contribution in [2.45, 2.75) is 59.7 Å². The summed E-state index contributed by atoms with van der Waals surface area (Å²) in [6.45, 7) is 14.0. The summed E-state index contributed by atoms with van der Waals surface area (Å²) in [7, 11) is -2.05. The van der Waals surface area contributed by atoms with Crippen LogP contribution < -0.4 is 68.4 Å². The van der Waals surface area contributed by atoms with Gasteiger partial charge in [-0.2, -0.15) is 0 Å². The Balaban J connectivity index is 0.000000131. The van der Waals surface area contributed by atoms with Crippen molar-refractivity contribution in [1.29, 1.82) is 0 Å². The zero-order valence-electron chi connectivity index (χ0n) is 69.0. The van der Waals surface area contributed by atoms with Crippen molar-refractivity contribution in [1.82, 2.24) is 19.9 Å². The van der Waals surface area contributed by atoms with E-state index in [1.807, 2.05) is 39.1 Å². The van der Waals surface area contributed by atoms with Crippen molar-refractivity contribution >= 4 is 175 Å². The average Bonchev–Trinajstić information content (AvgIpc) is 1.58. The molecule has 1 aliphatic heterocycles. The Labute approximate surface area is 759 Å². The third kappa shape index (κ3) is 25.4. The number of hydrogen-bond donors (Lipinski definition) is 0. The Kier molecular flexibility index (Phi) is 34.5. The predicted molar refractivity (Wildman–Crippen MR) is 527 cm³/mol. The molecule has 18 aromatic rings. The molecule has 0 aliphatic carbocycles. The fourth-order valence-corrected chi connectivity index (χ4v) is 24.4. The van der Waals surface area contributed by atoms with E-state index in [0.717, 1.165) is 41.8 Å². The van der Waals surface area contributed by atoms with Gasteiger partial charge in [-0.25, -0.2) is 13.8 Å². The van der Waals surface area contributed by atoms with Crippen molar-refractivity contribution in [2.24, 2.45) is 0 Å². The summed E-state index contributed by atoms with van der Waals surface area (Å²) in [4.78, 5) is 17.8. The van der Waals surface area contributed by atoms with Gasteiger partial charge in [-0.15, -0.1) is 22.7 Å². The fraction of sp³-hybridized carbons (Fsp3) is 0.0857. The second-order valence-electron chi connectivity index (χ2n) is 29.0. The van der Waals surface area contributed by atoms with Crippen LogP contribution in [0, 0.1) is 32.4 Å². The van der Waals surface area contributed by atoms with Gasteiger partial charge >= 0.3 is 7.12 Å². The number of benzene rings is 14. The zero-order chi connectivity index (χ0) is 85.1. The molecule has 616 valence electrons. The summed E-state index contributed by atoms with van der Waals surface area (Å²) in [6.07, 6.45) is 6.82. The van der Waals surface area contributed by atoms with E-state index in [0.29, 0.717) is 10.8 Å². The number of halogens is 4. The molecule has 0 bridgehead atoms. The van der Waals surface area contributed by atoms with Gasteiger partial charge in [0.05, 0.1) is 46.6 Å². The predicted octanol–water partition coefficient (Wildman–Crippen LogP) is 23.3. The summed E-state index contributed by atoms with van der Waals surface area (Å²) < 4.78 is 39.2. The maximum absolute atomic E-state index is 13.3. The summed E-state index contributed by atoms with van der Waals surface area (Å²) in [5.74, 6) is -0.827. The summed E-state index contributed by atoms with van der Waals surface area (Å²) >= 11 is 14.9. The van der Waals surface area contributed by atoms with Gasteiger partial charge in [0, 0.05) is 61.7 Å².